The number of nitrogen functional groups attached to an aromatic ring is 1. The smallest absolute Gasteiger partial charge is 0.280 e. The molecule has 0 aromatic carbocycles. The number of aromatic amines is 1. The number of nitrogens with zero attached hydrogens (tertiary/aromatic N) is 3. The summed E-state index contributed by atoms with van der Waals surface area (Å²) in [7, 11) is 0. The molecule has 2 fully saturated rings. The van der Waals surface area contributed by atoms with E-state index in [0.717, 1.165) is 0 Å². The first kappa shape index (κ1) is 13.6. The Bertz CT molecular complexity index is 788. The monoisotopic (exact) mass is 309 g/mol. The van der Waals surface area contributed by atoms with Gasteiger partial charge in [0.1, 0.15) is 11.7 Å². The average molecular weight is 309 g/mol. The zero-order valence-corrected chi connectivity index (χ0v) is 11.5. The molecule has 10 heteroatoms. The molecule has 5 N–H and O–H groups in total. The summed E-state index contributed by atoms with van der Waals surface area (Å²) < 4.78 is 13.1. The number of aromatic nitrogens is 4. The number of H-pyrrole nitrogens is 1. The number of nitrogens with one attached hydrogen (secondary N) is 1. The fourth-order valence-electron chi connectivity index (χ4n) is 3.28. The molecular weight excluding hydrogens is 294 g/mol. The average Bonchev–Trinajstić information content (AvgIpc) is 3.15. The summed E-state index contributed by atoms with van der Waals surface area (Å²) in [5.74, 6) is -0.391. The van der Waals surface area contributed by atoms with Crippen LogP contribution in [0.15, 0.2) is 11.1 Å². The van der Waals surface area contributed by atoms with Crippen LogP contribution >= 0.6 is 0 Å². The molecule has 4 atom stereocenters. The van der Waals surface area contributed by atoms with Gasteiger partial charge in [0.05, 0.1) is 26.1 Å². The maximum atomic E-state index is 11.8. The number of hydrogen-bond acceptors (Lipinski definition) is 8. The Labute approximate surface area is 123 Å². The topological polar surface area (TPSA) is 149 Å². The Morgan fingerprint density at radius 3 is 3.05 bits per heavy atom. The van der Waals surface area contributed by atoms with E-state index in [9.17, 15) is 15.0 Å². The molecule has 4 heterocycles. The molecule has 2 aliphatic rings. The van der Waals surface area contributed by atoms with E-state index in [0.29, 0.717) is 0 Å². The van der Waals surface area contributed by atoms with Crippen LogP contribution in [0, 0.1) is 5.92 Å². The second kappa shape index (κ2) is 4.49. The summed E-state index contributed by atoms with van der Waals surface area (Å²) in [6.07, 6.45) is 0.314. The van der Waals surface area contributed by atoms with Crippen LogP contribution in [-0.4, -0.2) is 61.3 Å². The quantitative estimate of drug-likeness (QED) is 0.507. The standard InChI is InChI=1S/C12H15N5O5/c13-11-15-8-6(9(20)16-11)14-4-17(8)10-7-5(1-18)12(2-19,22-10)3-21-7/h4-5,7,10,18-19H,1-3H2,(H3,13,15,16,20)/t5?,7?,10-,12+/m1/s1. The van der Waals surface area contributed by atoms with E-state index in [1.54, 1.807) is 4.57 Å². The van der Waals surface area contributed by atoms with Gasteiger partial charge in [-0.3, -0.25) is 14.3 Å². The van der Waals surface area contributed by atoms with E-state index < -0.39 is 23.5 Å². The van der Waals surface area contributed by atoms with Crippen LogP contribution in [0.3, 0.4) is 0 Å². The molecule has 0 radical (unpaired) electrons. The lowest BCUT2D eigenvalue weighted by Gasteiger charge is -2.30. The number of anilines is 1. The first-order valence-corrected chi connectivity index (χ1v) is 6.83. The molecule has 2 unspecified atom stereocenters. The van der Waals surface area contributed by atoms with Crippen molar-refractivity contribution < 1.29 is 19.7 Å². The van der Waals surface area contributed by atoms with Gasteiger partial charge in [-0.1, -0.05) is 0 Å². The van der Waals surface area contributed by atoms with E-state index in [4.69, 9.17) is 15.2 Å². The fraction of sp³-hybridized carbons (Fsp3) is 0.583. The Morgan fingerprint density at radius 1 is 1.55 bits per heavy atom. The fourth-order valence-corrected chi connectivity index (χ4v) is 3.28. The lowest BCUT2D eigenvalue weighted by molar-refractivity contribution is -0.184. The minimum absolute atomic E-state index is 0.0288. The minimum atomic E-state index is -0.951. The highest BCUT2D eigenvalue weighted by Crippen LogP contribution is 2.49. The maximum Gasteiger partial charge on any atom is 0.280 e. The molecule has 22 heavy (non-hydrogen) atoms. The van der Waals surface area contributed by atoms with Crippen LogP contribution in [0.25, 0.3) is 11.2 Å². The number of aliphatic hydroxyl groups excluding tert-OH is 2. The van der Waals surface area contributed by atoms with Crippen molar-refractivity contribution in [2.45, 2.75) is 17.9 Å². The SMILES string of the molecule is Nc1nc2c(ncn2[C@@H]2O[C@@]3(CO)COC2C3CO)c(=O)[nH]1. The van der Waals surface area contributed by atoms with Gasteiger partial charge in [-0.05, 0) is 0 Å². The van der Waals surface area contributed by atoms with Crippen molar-refractivity contribution in [3.05, 3.63) is 16.7 Å². The number of fused-ring (bicyclic) bond motifs is 3. The molecule has 0 saturated carbocycles. The van der Waals surface area contributed by atoms with E-state index in [1.807, 2.05) is 0 Å². The first-order chi connectivity index (χ1) is 10.6. The summed E-state index contributed by atoms with van der Waals surface area (Å²) in [5, 5.41) is 19.2. The summed E-state index contributed by atoms with van der Waals surface area (Å²) in [6.45, 7) is -0.239. The zero-order chi connectivity index (χ0) is 15.5. The normalized spacial score (nSPS) is 33.8. The van der Waals surface area contributed by atoms with Gasteiger partial charge in [0, 0.05) is 5.92 Å². The number of imidazole rings is 1. The van der Waals surface area contributed by atoms with Gasteiger partial charge in [0.25, 0.3) is 5.56 Å². The van der Waals surface area contributed by atoms with Crippen LogP contribution in [0.2, 0.25) is 0 Å². The summed E-state index contributed by atoms with van der Waals surface area (Å²) in [4.78, 5) is 22.3. The van der Waals surface area contributed by atoms with Crippen LogP contribution < -0.4 is 11.3 Å². The zero-order valence-electron chi connectivity index (χ0n) is 11.5. The summed E-state index contributed by atoms with van der Waals surface area (Å²) in [5.41, 5.74) is 4.59. The van der Waals surface area contributed by atoms with Crippen molar-refractivity contribution in [1.82, 2.24) is 19.5 Å². The van der Waals surface area contributed by atoms with Crippen LogP contribution in [0.1, 0.15) is 6.23 Å². The highest BCUT2D eigenvalue weighted by Gasteiger charge is 2.61. The van der Waals surface area contributed by atoms with Crippen molar-refractivity contribution >= 4 is 17.1 Å². The number of aliphatic hydroxyl groups is 2. The molecule has 2 bridgehead atoms. The van der Waals surface area contributed by atoms with Gasteiger partial charge in [0.15, 0.2) is 17.4 Å². The van der Waals surface area contributed by atoms with Gasteiger partial charge in [-0.25, -0.2) is 4.98 Å². The third kappa shape index (κ3) is 1.60. The lowest BCUT2D eigenvalue weighted by atomic mass is 9.90. The predicted molar refractivity (Wildman–Crippen MR) is 72.8 cm³/mol. The third-order valence-electron chi connectivity index (χ3n) is 4.42. The Hall–Kier alpha value is -2.01. The Balaban J connectivity index is 1.83. The molecule has 2 aromatic rings. The first-order valence-electron chi connectivity index (χ1n) is 6.83. The second-order valence-electron chi connectivity index (χ2n) is 5.57. The van der Waals surface area contributed by atoms with Crippen molar-refractivity contribution in [2.24, 2.45) is 5.92 Å². The van der Waals surface area contributed by atoms with E-state index in [-0.39, 0.29) is 42.9 Å². The van der Waals surface area contributed by atoms with Gasteiger partial charge in [-0.2, -0.15) is 4.98 Å². The molecule has 118 valence electrons. The molecule has 0 amide bonds. The molecule has 0 aliphatic carbocycles. The highest BCUT2D eigenvalue weighted by atomic mass is 16.6. The van der Waals surface area contributed by atoms with E-state index >= 15 is 0 Å². The van der Waals surface area contributed by atoms with Crippen LogP contribution in [0.5, 0.6) is 0 Å². The van der Waals surface area contributed by atoms with Gasteiger partial charge in [-0.15, -0.1) is 0 Å². The number of nitrogens with two attached hydrogens (primary N) is 1. The van der Waals surface area contributed by atoms with E-state index in [2.05, 4.69) is 15.0 Å². The van der Waals surface area contributed by atoms with Crippen molar-refractivity contribution in [2.75, 3.05) is 25.6 Å². The largest absolute Gasteiger partial charge is 0.396 e. The molecule has 4 rings (SSSR count). The van der Waals surface area contributed by atoms with Gasteiger partial charge < -0.3 is 25.4 Å². The third-order valence-corrected chi connectivity index (χ3v) is 4.42. The minimum Gasteiger partial charge on any atom is -0.396 e. The number of rotatable bonds is 3. The molecular formula is C12H15N5O5. The number of hydrogen-bond donors (Lipinski definition) is 4. The maximum absolute atomic E-state index is 11.8. The number of ether oxygens (including phenoxy) is 2. The van der Waals surface area contributed by atoms with Crippen molar-refractivity contribution in [1.29, 1.82) is 0 Å². The van der Waals surface area contributed by atoms with Gasteiger partial charge >= 0.3 is 0 Å². The highest BCUT2D eigenvalue weighted by molar-refractivity contribution is 5.70. The van der Waals surface area contributed by atoms with Crippen molar-refractivity contribution in [3.8, 4) is 0 Å². The Morgan fingerprint density at radius 2 is 2.36 bits per heavy atom. The van der Waals surface area contributed by atoms with Crippen molar-refractivity contribution in [3.63, 3.8) is 0 Å². The lowest BCUT2D eigenvalue weighted by Crippen LogP contribution is -2.42. The van der Waals surface area contributed by atoms with Gasteiger partial charge in [0.2, 0.25) is 5.95 Å². The van der Waals surface area contributed by atoms with Crippen LogP contribution in [-0.2, 0) is 9.47 Å². The molecule has 10 nitrogen and oxygen atoms in total. The van der Waals surface area contributed by atoms with E-state index in [1.165, 1.54) is 6.33 Å². The molecule has 2 aromatic heterocycles. The summed E-state index contributed by atoms with van der Waals surface area (Å²) in [6, 6.07) is 0. The molecule has 2 saturated heterocycles. The second-order valence-corrected chi connectivity index (χ2v) is 5.57. The Kier molecular flexibility index (Phi) is 2.78. The molecule has 2 aliphatic heterocycles. The summed E-state index contributed by atoms with van der Waals surface area (Å²) >= 11 is 0. The molecule has 0 spiro atoms. The predicted octanol–water partition coefficient (Wildman–Crippen LogP) is -2.03. The van der Waals surface area contributed by atoms with Crippen LogP contribution in [0.4, 0.5) is 5.95 Å².